The molecule has 0 saturated carbocycles. The number of rotatable bonds is 9. The predicted octanol–water partition coefficient (Wildman–Crippen LogP) is 6.23. The number of amides is 1. The van der Waals surface area contributed by atoms with E-state index in [1.807, 2.05) is 45.2 Å². The number of hydrogen-bond acceptors (Lipinski definition) is 8. The fourth-order valence-electron chi connectivity index (χ4n) is 4.82. The summed E-state index contributed by atoms with van der Waals surface area (Å²) in [4.78, 5) is 34.3. The number of hydrogen-bond donors (Lipinski definition) is 1. The second kappa shape index (κ2) is 11.5. The van der Waals surface area contributed by atoms with Crippen molar-refractivity contribution in [3.63, 3.8) is 0 Å². The van der Waals surface area contributed by atoms with E-state index >= 15 is 0 Å². The van der Waals surface area contributed by atoms with Crippen molar-refractivity contribution in [3.05, 3.63) is 67.5 Å². The number of nitrogens with zero attached hydrogens (tertiary/aromatic N) is 6. The van der Waals surface area contributed by atoms with Crippen LogP contribution in [0.4, 0.5) is 17.2 Å². The van der Waals surface area contributed by atoms with E-state index in [4.69, 9.17) is 14.8 Å². The zero-order chi connectivity index (χ0) is 31.3. The zero-order valence-corrected chi connectivity index (χ0v) is 28.3. The topological polar surface area (TPSA) is 107 Å². The lowest BCUT2D eigenvalue weighted by Gasteiger charge is -2.21. The molecule has 0 saturated heterocycles. The van der Waals surface area contributed by atoms with Gasteiger partial charge in [0.15, 0.2) is 5.82 Å². The molecule has 3 aromatic heterocycles. The van der Waals surface area contributed by atoms with E-state index in [9.17, 15) is 9.59 Å². The summed E-state index contributed by atoms with van der Waals surface area (Å²) in [5.74, 6) is 0.534. The van der Waals surface area contributed by atoms with Crippen LogP contribution in [0.25, 0.3) is 11.3 Å². The van der Waals surface area contributed by atoms with Gasteiger partial charge in [0.1, 0.15) is 17.3 Å². The average Bonchev–Trinajstić information content (AvgIpc) is 3.57. The highest BCUT2D eigenvalue weighted by Gasteiger charge is 2.35. The third-order valence-electron chi connectivity index (χ3n) is 7.52. The van der Waals surface area contributed by atoms with Gasteiger partial charge < -0.3 is 15.0 Å². The Hall–Kier alpha value is -3.61. The molecular weight excluding hydrogens is 579 g/mol. The second-order valence-electron chi connectivity index (χ2n) is 13.4. The number of thiazole rings is 1. The molecule has 43 heavy (non-hydrogen) atoms. The Morgan fingerprint density at radius 3 is 2.47 bits per heavy atom. The number of benzene rings is 1. The maximum atomic E-state index is 13.5. The molecule has 4 aromatic rings. The lowest BCUT2D eigenvalue weighted by Crippen LogP contribution is -2.28. The van der Waals surface area contributed by atoms with Crippen LogP contribution in [-0.4, -0.2) is 45.1 Å². The normalized spacial score (nSPS) is 13.6. The summed E-state index contributed by atoms with van der Waals surface area (Å²) >= 11 is 1.48. The number of carbonyl (C=O) groups is 1. The van der Waals surface area contributed by atoms with Crippen molar-refractivity contribution in [1.29, 1.82) is 0 Å². The number of aromatic nitrogens is 5. The number of ether oxygens (including phenoxy) is 1. The van der Waals surface area contributed by atoms with Gasteiger partial charge in [-0.05, 0) is 37.6 Å². The monoisotopic (exact) mass is 619 g/mol. The molecule has 12 heteroatoms. The Morgan fingerprint density at radius 2 is 1.84 bits per heavy atom. The summed E-state index contributed by atoms with van der Waals surface area (Å²) in [6, 6.07) is 10.4. The first-order chi connectivity index (χ1) is 20.1. The number of fused-ring (bicyclic) bond motifs is 1. The predicted molar refractivity (Wildman–Crippen MR) is 175 cm³/mol. The van der Waals surface area contributed by atoms with Crippen LogP contribution in [0.3, 0.4) is 0 Å². The molecule has 228 valence electrons. The van der Waals surface area contributed by atoms with Gasteiger partial charge in [-0.2, -0.15) is 10.2 Å². The molecule has 1 aliphatic rings. The molecule has 1 amide bonds. The van der Waals surface area contributed by atoms with E-state index in [1.54, 1.807) is 15.6 Å². The van der Waals surface area contributed by atoms with Gasteiger partial charge in [-0.1, -0.05) is 52.5 Å². The number of carbonyl (C=O) groups excluding carboxylic acids is 1. The SMILES string of the molecule is Cc1c(-c2cc(Nc3cc(C)n(C)n3)c(=O)n(COCC[Si](C)(C)C)n2)cccc1N1Cc2nc(C(C)(C)C)sc2C1=O. The number of anilines is 3. The van der Waals surface area contributed by atoms with Crippen molar-refractivity contribution in [2.75, 3.05) is 16.8 Å². The Labute approximate surface area is 257 Å². The second-order valence-corrected chi connectivity index (χ2v) is 20.0. The molecule has 1 aromatic carbocycles. The van der Waals surface area contributed by atoms with E-state index < -0.39 is 8.07 Å². The van der Waals surface area contributed by atoms with E-state index in [0.717, 1.165) is 39.3 Å². The van der Waals surface area contributed by atoms with Gasteiger partial charge in [-0.25, -0.2) is 9.67 Å². The summed E-state index contributed by atoms with van der Waals surface area (Å²) in [5.41, 5.74) is 4.83. The Morgan fingerprint density at radius 1 is 1.09 bits per heavy atom. The van der Waals surface area contributed by atoms with Crippen molar-refractivity contribution in [1.82, 2.24) is 24.5 Å². The van der Waals surface area contributed by atoms with Crippen LogP contribution in [0.2, 0.25) is 25.7 Å². The summed E-state index contributed by atoms with van der Waals surface area (Å²) in [6.07, 6.45) is 0. The smallest absolute Gasteiger partial charge is 0.292 e. The highest BCUT2D eigenvalue weighted by atomic mass is 32.1. The van der Waals surface area contributed by atoms with Gasteiger partial charge in [-0.15, -0.1) is 11.3 Å². The first kappa shape index (κ1) is 30.8. The maximum Gasteiger partial charge on any atom is 0.292 e. The standard InChI is InChI=1S/C31H41N7O3SSi/c1-19-15-26(35-36(19)6)32-23-16-22(34-38(28(23)39)18-41-13-14-43(7,8)9)21-11-10-12-25(20(21)2)37-17-24-27(29(37)40)42-30(33-24)31(3,4)5/h10-12,15-16H,13-14,17-18H2,1-9H3,(H,32,35). The molecule has 0 aliphatic carbocycles. The third-order valence-corrected chi connectivity index (χ3v) is 10.7. The lowest BCUT2D eigenvalue weighted by molar-refractivity contribution is 0.0754. The van der Waals surface area contributed by atoms with Gasteiger partial charge >= 0.3 is 0 Å². The van der Waals surface area contributed by atoms with Gasteiger partial charge in [-0.3, -0.25) is 14.3 Å². The van der Waals surface area contributed by atoms with E-state index in [0.29, 0.717) is 35.2 Å². The molecule has 0 spiro atoms. The fourth-order valence-corrected chi connectivity index (χ4v) is 6.66. The quantitative estimate of drug-likeness (QED) is 0.175. The van der Waals surface area contributed by atoms with Crippen LogP contribution in [0.15, 0.2) is 35.1 Å². The first-order valence-electron chi connectivity index (χ1n) is 14.5. The molecule has 4 heterocycles. The average molecular weight is 620 g/mol. The van der Waals surface area contributed by atoms with Crippen LogP contribution < -0.4 is 15.8 Å². The Bertz CT molecular complexity index is 1720. The van der Waals surface area contributed by atoms with Gasteiger partial charge in [0.25, 0.3) is 11.5 Å². The highest BCUT2D eigenvalue weighted by molar-refractivity contribution is 7.14. The van der Waals surface area contributed by atoms with Crippen LogP contribution in [0, 0.1) is 13.8 Å². The number of nitrogens with one attached hydrogen (secondary N) is 1. The molecule has 1 N–H and O–H groups in total. The third kappa shape index (κ3) is 6.51. The van der Waals surface area contributed by atoms with Crippen LogP contribution in [0.5, 0.6) is 0 Å². The number of aryl methyl sites for hydroxylation is 2. The largest absolute Gasteiger partial charge is 0.359 e. The molecule has 0 fully saturated rings. The van der Waals surface area contributed by atoms with Gasteiger partial charge in [0, 0.05) is 50.2 Å². The van der Waals surface area contributed by atoms with Crippen molar-refractivity contribution in [2.24, 2.45) is 7.05 Å². The van der Waals surface area contributed by atoms with Gasteiger partial charge in [0.2, 0.25) is 0 Å². The van der Waals surface area contributed by atoms with Crippen molar-refractivity contribution in [2.45, 2.75) is 79.0 Å². The summed E-state index contributed by atoms with van der Waals surface area (Å²) in [7, 11) is 0.565. The molecule has 0 unspecified atom stereocenters. The van der Waals surface area contributed by atoms with Crippen LogP contribution >= 0.6 is 11.3 Å². The van der Waals surface area contributed by atoms with Crippen LogP contribution in [-0.2, 0) is 30.5 Å². The minimum absolute atomic E-state index is 0.0372. The molecular formula is C31H41N7O3SSi. The summed E-state index contributed by atoms with van der Waals surface area (Å²) < 4.78 is 9.05. The van der Waals surface area contributed by atoms with Crippen molar-refractivity contribution in [3.8, 4) is 11.3 Å². The summed E-state index contributed by atoms with van der Waals surface area (Å²) in [5, 5.41) is 13.4. The Kier molecular flexibility index (Phi) is 8.23. The molecule has 10 nitrogen and oxygen atoms in total. The van der Waals surface area contributed by atoms with Crippen LogP contribution in [0.1, 0.15) is 52.4 Å². The minimum atomic E-state index is -1.29. The van der Waals surface area contributed by atoms with Crippen molar-refractivity contribution >= 4 is 42.5 Å². The molecule has 1 aliphatic heterocycles. The highest BCUT2D eigenvalue weighted by Crippen LogP contribution is 2.39. The fraction of sp³-hybridized carbons (Fsp3) is 0.452. The summed E-state index contributed by atoms with van der Waals surface area (Å²) in [6.45, 7) is 18.2. The molecule has 0 bridgehead atoms. The van der Waals surface area contributed by atoms with E-state index in [1.165, 1.54) is 16.0 Å². The Balaban J connectivity index is 1.50. The molecule has 0 radical (unpaired) electrons. The lowest BCUT2D eigenvalue weighted by atomic mass is 9.98. The van der Waals surface area contributed by atoms with E-state index in [2.05, 4.69) is 50.8 Å². The van der Waals surface area contributed by atoms with E-state index in [-0.39, 0.29) is 23.6 Å². The van der Waals surface area contributed by atoms with Gasteiger partial charge in [0.05, 0.1) is 22.9 Å². The zero-order valence-electron chi connectivity index (χ0n) is 26.5. The maximum absolute atomic E-state index is 13.5. The molecule has 0 atom stereocenters. The molecule has 5 rings (SSSR count). The first-order valence-corrected chi connectivity index (χ1v) is 19.0. The minimum Gasteiger partial charge on any atom is -0.359 e. The van der Waals surface area contributed by atoms with Crippen molar-refractivity contribution < 1.29 is 9.53 Å².